The Morgan fingerprint density at radius 1 is 1.37 bits per heavy atom. The van der Waals surface area contributed by atoms with Crippen molar-refractivity contribution in [1.82, 2.24) is 4.98 Å². The number of ether oxygens (including phenoxy) is 1. The molecule has 98 valence electrons. The van der Waals surface area contributed by atoms with E-state index in [0.717, 1.165) is 10.0 Å². The standard InChI is InChI=1S/C12H8BrClN2O3/c1-7-2-3-8(13)4-10(7)19-12-6-9(16(17)18)5-11(14)15-12/h2-6H,1H3. The van der Waals surface area contributed by atoms with E-state index < -0.39 is 4.92 Å². The minimum absolute atomic E-state index is 0.0110. The van der Waals surface area contributed by atoms with Crippen LogP contribution < -0.4 is 4.74 Å². The van der Waals surface area contributed by atoms with Gasteiger partial charge in [0.25, 0.3) is 5.69 Å². The smallest absolute Gasteiger partial charge is 0.277 e. The summed E-state index contributed by atoms with van der Waals surface area (Å²) in [5, 5.41) is 10.7. The summed E-state index contributed by atoms with van der Waals surface area (Å²) in [5.74, 6) is 0.638. The van der Waals surface area contributed by atoms with Crippen molar-refractivity contribution >= 4 is 33.2 Å². The highest BCUT2D eigenvalue weighted by Gasteiger charge is 2.12. The highest BCUT2D eigenvalue weighted by Crippen LogP contribution is 2.30. The van der Waals surface area contributed by atoms with Gasteiger partial charge in [-0.15, -0.1) is 0 Å². The zero-order valence-corrected chi connectivity index (χ0v) is 12.1. The lowest BCUT2D eigenvalue weighted by atomic mass is 10.2. The Hall–Kier alpha value is -1.66. The van der Waals surface area contributed by atoms with Crippen LogP contribution in [0.5, 0.6) is 11.6 Å². The van der Waals surface area contributed by atoms with Gasteiger partial charge in [0.2, 0.25) is 5.88 Å². The van der Waals surface area contributed by atoms with Crippen LogP contribution in [0.4, 0.5) is 5.69 Å². The topological polar surface area (TPSA) is 65.3 Å². The first kappa shape index (κ1) is 13.8. The van der Waals surface area contributed by atoms with Crippen LogP contribution in [-0.4, -0.2) is 9.91 Å². The molecule has 0 saturated heterocycles. The third-order valence-corrected chi connectivity index (χ3v) is 3.02. The van der Waals surface area contributed by atoms with Gasteiger partial charge >= 0.3 is 0 Å². The van der Waals surface area contributed by atoms with Crippen molar-refractivity contribution in [3.8, 4) is 11.6 Å². The molecule has 0 spiro atoms. The second kappa shape index (κ2) is 5.54. The highest BCUT2D eigenvalue weighted by atomic mass is 79.9. The van der Waals surface area contributed by atoms with E-state index in [9.17, 15) is 10.1 Å². The lowest BCUT2D eigenvalue weighted by Gasteiger charge is -2.08. The first-order valence-corrected chi connectivity index (χ1v) is 6.39. The number of nitro groups is 1. The summed E-state index contributed by atoms with van der Waals surface area (Å²) in [6, 6.07) is 7.88. The van der Waals surface area contributed by atoms with Crippen molar-refractivity contribution in [3.05, 3.63) is 55.6 Å². The number of rotatable bonds is 3. The highest BCUT2D eigenvalue weighted by molar-refractivity contribution is 9.10. The van der Waals surface area contributed by atoms with Crippen LogP contribution in [0.3, 0.4) is 0 Å². The number of aromatic nitrogens is 1. The zero-order chi connectivity index (χ0) is 14.0. The van der Waals surface area contributed by atoms with Gasteiger partial charge in [0, 0.05) is 4.47 Å². The van der Waals surface area contributed by atoms with E-state index in [1.807, 2.05) is 19.1 Å². The summed E-state index contributed by atoms with van der Waals surface area (Å²) in [4.78, 5) is 14.1. The van der Waals surface area contributed by atoms with Gasteiger partial charge in [-0.2, -0.15) is 0 Å². The number of benzene rings is 1. The van der Waals surface area contributed by atoms with E-state index in [-0.39, 0.29) is 16.7 Å². The van der Waals surface area contributed by atoms with Crippen molar-refractivity contribution in [2.75, 3.05) is 0 Å². The number of halogens is 2. The summed E-state index contributed by atoms with van der Waals surface area (Å²) >= 11 is 9.05. The third-order valence-electron chi connectivity index (χ3n) is 2.33. The fourth-order valence-electron chi connectivity index (χ4n) is 1.41. The number of hydrogen-bond acceptors (Lipinski definition) is 4. The fourth-order valence-corrected chi connectivity index (χ4v) is 1.95. The number of hydrogen-bond donors (Lipinski definition) is 0. The summed E-state index contributed by atoms with van der Waals surface area (Å²) in [7, 11) is 0. The first-order chi connectivity index (χ1) is 8.95. The van der Waals surface area contributed by atoms with Crippen molar-refractivity contribution in [2.45, 2.75) is 6.92 Å². The molecule has 0 atom stereocenters. The predicted molar refractivity (Wildman–Crippen MR) is 74.9 cm³/mol. The molecule has 0 N–H and O–H groups in total. The summed E-state index contributed by atoms with van der Waals surface area (Å²) in [6.07, 6.45) is 0. The zero-order valence-electron chi connectivity index (χ0n) is 9.76. The van der Waals surface area contributed by atoms with Crippen molar-refractivity contribution in [1.29, 1.82) is 0 Å². The molecule has 1 heterocycles. The molecule has 0 radical (unpaired) electrons. The Kier molecular flexibility index (Phi) is 4.01. The van der Waals surface area contributed by atoms with Gasteiger partial charge in [0.1, 0.15) is 10.9 Å². The maximum absolute atomic E-state index is 10.7. The summed E-state index contributed by atoms with van der Waals surface area (Å²) in [6.45, 7) is 1.86. The van der Waals surface area contributed by atoms with Gasteiger partial charge in [0.15, 0.2) is 0 Å². The lowest BCUT2D eigenvalue weighted by molar-refractivity contribution is -0.385. The average Bonchev–Trinajstić information content (AvgIpc) is 2.33. The molecule has 0 fully saturated rings. The van der Waals surface area contributed by atoms with Crippen LogP contribution in [0.1, 0.15) is 5.56 Å². The Morgan fingerprint density at radius 3 is 2.79 bits per heavy atom. The maximum Gasteiger partial charge on any atom is 0.277 e. The maximum atomic E-state index is 10.7. The van der Waals surface area contributed by atoms with E-state index in [4.69, 9.17) is 16.3 Å². The predicted octanol–water partition coefficient (Wildman–Crippen LogP) is 4.51. The minimum atomic E-state index is -0.547. The average molecular weight is 344 g/mol. The Bertz CT molecular complexity index is 649. The van der Waals surface area contributed by atoms with E-state index in [0.29, 0.717) is 5.75 Å². The molecule has 0 aliphatic carbocycles. The van der Waals surface area contributed by atoms with Gasteiger partial charge in [-0.1, -0.05) is 33.6 Å². The molecule has 7 heteroatoms. The molecule has 0 aliphatic heterocycles. The molecule has 2 aromatic rings. The SMILES string of the molecule is Cc1ccc(Br)cc1Oc1cc([N+](=O)[O-])cc(Cl)n1. The minimum Gasteiger partial charge on any atom is -0.438 e. The largest absolute Gasteiger partial charge is 0.438 e. The number of nitrogens with zero attached hydrogens (tertiary/aromatic N) is 2. The van der Waals surface area contributed by atoms with Crippen LogP contribution in [0.15, 0.2) is 34.8 Å². The Morgan fingerprint density at radius 2 is 2.11 bits per heavy atom. The van der Waals surface area contributed by atoms with Crippen LogP contribution in [-0.2, 0) is 0 Å². The van der Waals surface area contributed by atoms with Crippen molar-refractivity contribution in [3.63, 3.8) is 0 Å². The van der Waals surface area contributed by atoms with E-state index in [1.54, 1.807) is 6.07 Å². The first-order valence-electron chi connectivity index (χ1n) is 5.21. The van der Waals surface area contributed by atoms with Crippen molar-refractivity contribution < 1.29 is 9.66 Å². The fraction of sp³-hybridized carbons (Fsp3) is 0.0833. The van der Waals surface area contributed by atoms with Gasteiger partial charge in [-0.05, 0) is 24.6 Å². The molecule has 5 nitrogen and oxygen atoms in total. The summed E-state index contributed by atoms with van der Waals surface area (Å²) < 4.78 is 6.37. The van der Waals surface area contributed by atoms with Gasteiger partial charge in [-0.25, -0.2) is 4.98 Å². The summed E-state index contributed by atoms with van der Waals surface area (Å²) in [5.41, 5.74) is 0.718. The molecule has 0 saturated carbocycles. The Balaban J connectivity index is 2.38. The van der Waals surface area contributed by atoms with E-state index >= 15 is 0 Å². The molecule has 0 amide bonds. The molecular weight excluding hydrogens is 336 g/mol. The molecule has 1 aromatic carbocycles. The second-order valence-electron chi connectivity index (χ2n) is 3.76. The molecule has 0 aliphatic rings. The number of pyridine rings is 1. The van der Waals surface area contributed by atoms with Crippen LogP contribution in [0.25, 0.3) is 0 Å². The quantitative estimate of drug-likeness (QED) is 0.467. The molecule has 0 bridgehead atoms. The molecular formula is C12H8BrClN2O3. The number of aryl methyl sites for hydroxylation is 1. The normalized spacial score (nSPS) is 10.3. The van der Waals surface area contributed by atoms with Crippen LogP contribution in [0, 0.1) is 17.0 Å². The van der Waals surface area contributed by atoms with E-state index in [1.165, 1.54) is 12.1 Å². The van der Waals surface area contributed by atoms with Crippen LogP contribution >= 0.6 is 27.5 Å². The van der Waals surface area contributed by atoms with Gasteiger partial charge in [0.05, 0.1) is 17.1 Å². The third kappa shape index (κ3) is 3.42. The molecule has 2 rings (SSSR count). The second-order valence-corrected chi connectivity index (χ2v) is 5.06. The molecule has 1 aromatic heterocycles. The Labute approximate surface area is 122 Å². The monoisotopic (exact) mass is 342 g/mol. The lowest BCUT2D eigenvalue weighted by Crippen LogP contribution is -1.94. The van der Waals surface area contributed by atoms with Crippen molar-refractivity contribution in [2.24, 2.45) is 0 Å². The molecule has 19 heavy (non-hydrogen) atoms. The van der Waals surface area contributed by atoms with Crippen LogP contribution in [0.2, 0.25) is 5.15 Å². The van der Waals surface area contributed by atoms with Gasteiger partial charge < -0.3 is 4.74 Å². The molecule has 0 unspecified atom stereocenters. The van der Waals surface area contributed by atoms with E-state index in [2.05, 4.69) is 20.9 Å². The van der Waals surface area contributed by atoms with Gasteiger partial charge in [-0.3, -0.25) is 10.1 Å².